The molecule has 0 radical (unpaired) electrons. The summed E-state index contributed by atoms with van der Waals surface area (Å²) in [4.78, 5) is 49.9. The van der Waals surface area contributed by atoms with Crippen LogP contribution in [0.5, 0.6) is 0 Å². The monoisotopic (exact) mass is 629 g/mol. The second-order valence-corrected chi connectivity index (χ2v) is 13.8. The summed E-state index contributed by atoms with van der Waals surface area (Å²) < 4.78 is 6.61. The number of carbonyl (C=O) groups is 2. The predicted molar refractivity (Wildman–Crippen MR) is 177 cm³/mol. The molecule has 0 unspecified atom stereocenters. The number of aromatic nitrogens is 2. The molecule has 3 N–H and O–H groups in total. The van der Waals surface area contributed by atoms with Crippen molar-refractivity contribution in [2.75, 3.05) is 56.7 Å². The molecular weight excluding hydrogens is 590 g/mol. The largest absolute Gasteiger partial charge is 0.386 e. The van der Waals surface area contributed by atoms with Crippen LogP contribution in [0.3, 0.4) is 0 Å². The molecule has 236 valence electrons. The van der Waals surface area contributed by atoms with Gasteiger partial charge in [0, 0.05) is 81.5 Å². The Balaban J connectivity index is 1.27. The van der Waals surface area contributed by atoms with E-state index in [1.54, 1.807) is 61.0 Å². The molecule has 0 spiro atoms. The van der Waals surface area contributed by atoms with Gasteiger partial charge in [0.2, 0.25) is 0 Å². The van der Waals surface area contributed by atoms with Crippen LogP contribution >= 0.6 is 11.3 Å². The number of fused-ring (bicyclic) bond motifs is 3. The molecular formula is C33H39N7O4S. The van der Waals surface area contributed by atoms with Crippen molar-refractivity contribution in [1.82, 2.24) is 19.8 Å². The lowest BCUT2D eigenvalue weighted by Crippen LogP contribution is -2.43. The molecule has 2 aliphatic heterocycles. The third-order valence-corrected chi connectivity index (χ3v) is 9.99. The summed E-state index contributed by atoms with van der Waals surface area (Å²) in [6.07, 6.45) is 8.33. The van der Waals surface area contributed by atoms with Gasteiger partial charge in [-0.3, -0.25) is 29.6 Å². The molecule has 5 heterocycles. The van der Waals surface area contributed by atoms with Crippen molar-refractivity contribution in [1.29, 1.82) is 5.41 Å². The summed E-state index contributed by atoms with van der Waals surface area (Å²) in [6, 6.07) is 3.36. The predicted octanol–water partition coefficient (Wildman–Crippen LogP) is 3.47. The summed E-state index contributed by atoms with van der Waals surface area (Å²) >= 11 is 1.58. The highest BCUT2D eigenvalue weighted by molar-refractivity contribution is 7.14. The van der Waals surface area contributed by atoms with Crippen LogP contribution in [0.1, 0.15) is 49.9 Å². The minimum atomic E-state index is -0.310. The maximum atomic E-state index is 13.8. The quantitative estimate of drug-likeness (QED) is 0.196. The van der Waals surface area contributed by atoms with Gasteiger partial charge in [-0.05, 0) is 53.5 Å². The van der Waals surface area contributed by atoms with E-state index in [4.69, 9.17) is 10.1 Å². The number of hydrogen-bond donors (Lipinski definition) is 3. The molecule has 0 bridgehead atoms. The minimum Gasteiger partial charge on any atom is -0.386 e. The number of thiophene rings is 1. The Morgan fingerprint density at radius 2 is 2.07 bits per heavy atom. The molecule has 3 aromatic rings. The van der Waals surface area contributed by atoms with Crippen molar-refractivity contribution in [2.45, 2.75) is 33.1 Å². The molecule has 1 amide bonds. The van der Waals surface area contributed by atoms with Gasteiger partial charge in [0.05, 0.1) is 17.0 Å². The van der Waals surface area contributed by atoms with E-state index >= 15 is 0 Å². The van der Waals surface area contributed by atoms with Crippen LogP contribution < -0.4 is 21.1 Å². The first-order chi connectivity index (χ1) is 21.6. The van der Waals surface area contributed by atoms with E-state index in [0.29, 0.717) is 36.6 Å². The fourth-order valence-corrected chi connectivity index (χ4v) is 8.14. The lowest BCUT2D eigenvalue weighted by Gasteiger charge is -2.29. The Bertz CT molecular complexity index is 1770. The van der Waals surface area contributed by atoms with Gasteiger partial charge in [-0.15, -0.1) is 11.3 Å². The van der Waals surface area contributed by atoms with Crippen molar-refractivity contribution < 1.29 is 14.3 Å². The number of hydrogen-bond acceptors (Lipinski definition) is 9. The Kier molecular flexibility index (Phi) is 8.47. The molecule has 1 aliphatic carbocycles. The number of carbonyl (C=O) groups excluding carboxylic acids is 2. The maximum absolute atomic E-state index is 13.8. The summed E-state index contributed by atoms with van der Waals surface area (Å²) in [5, 5.41) is 14.8. The van der Waals surface area contributed by atoms with E-state index in [0.717, 1.165) is 61.3 Å². The van der Waals surface area contributed by atoms with Crippen molar-refractivity contribution in [3.05, 3.63) is 73.1 Å². The number of amidine groups is 1. The van der Waals surface area contributed by atoms with Crippen molar-refractivity contribution in [2.24, 2.45) is 12.5 Å². The number of rotatable bonds is 8. The molecule has 3 aliphatic rings. The van der Waals surface area contributed by atoms with E-state index < -0.39 is 0 Å². The van der Waals surface area contributed by atoms with Gasteiger partial charge >= 0.3 is 0 Å². The van der Waals surface area contributed by atoms with Gasteiger partial charge in [0.25, 0.3) is 11.5 Å². The smallest absolute Gasteiger partial charge is 0.274 e. The van der Waals surface area contributed by atoms with Gasteiger partial charge in [0.1, 0.15) is 17.3 Å². The molecule has 12 heteroatoms. The highest BCUT2D eigenvalue weighted by Crippen LogP contribution is 2.45. The number of amides is 1. The van der Waals surface area contributed by atoms with Crippen molar-refractivity contribution in [3.8, 4) is 11.1 Å². The van der Waals surface area contributed by atoms with Gasteiger partial charge < -0.3 is 19.9 Å². The lowest BCUT2D eigenvalue weighted by atomic mass is 9.89. The summed E-state index contributed by atoms with van der Waals surface area (Å²) in [7, 11) is 3.31. The summed E-state index contributed by atoms with van der Waals surface area (Å²) in [5.41, 5.74) is 4.90. The van der Waals surface area contributed by atoms with Gasteiger partial charge in [-0.2, -0.15) is 0 Å². The first-order valence-electron chi connectivity index (χ1n) is 15.2. The molecule has 1 fully saturated rings. The number of ether oxygens (including phenoxy) is 1. The summed E-state index contributed by atoms with van der Waals surface area (Å²) in [5.74, 6) is 0.254. The Morgan fingerprint density at radius 1 is 1.24 bits per heavy atom. The molecule has 45 heavy (non-hydrogen) atoms. The zero-order valence-corrected chi connectivity index (χ0v) is 27.0. The first kappa shape index (κ1) is 30.9. The van der Waals surface area contributed by atoms with E-state index in [9.17, 15) is 14.4 Å². The van der Waals surface area contributed by atoms with Crippen LogP contribution in [0.2, 0.25) is 0 Å². The van der Waals surface area contributed by atoms with Crippen LogP contribution in [-0.2, 0) is 31.0 Å². The van der Waals surface area contributed by atoms with Crippen molar-refractivity contribution in [3.63, 3.8) is 0 Å². The number of piperazine rings is 1. The molecule has 0 atom stereocenters. The van der Waals surface area contributed by atoms with Crippen LogP contribution in [-0.4, -0.2) is 78.9 Å². The highest BCUT2D eigenvalue weighted by atomic mass is 32.1. The van der Waals surface area contributed by atoms with Crippen LogP contribution in [0.4, 0.5) is 11.5 Å². The highest BCUT2D eigenvalue weighted by Gasteiger charge is 2.39. The fraction of sp³-hybridized carbons (Fsp3) is 0.424. The molecule has 6 rings (SSSR count). The fourth-order valence-electron chi connectivity index (χ4n) is 6.57. The van der Waals surface area contributed by atoms with Gasteiger partial charge in [-0.25, -0.2) is 4.98 Å². The van der Waals surface area contributed by atoms with E-state index in [1.807, 2.05) is 0 Å². The third-order valence-electron chi connectivity index (χ3n) is 8.73. The van der Waals surface area contributed by atoms with Gasteiger partial charge in [0.15, 0.2) is 6.29 Å². The second kappa shape index (κ2) is 12.3. The number of anilines is 2. The second-order valence-electron chi connectivity index (χ2n) is 12.7. The van der Waals surface area contributed by atoms with E-state index in [1.165, 1.54) is 15.0 Å². The number of pyridine rings is 2. The number of nitrogens with one attached hydrogen (secondary N) is 3. The van der Waals surface area contributed by atoms with Crippen LogP contribution in [0.25, 0.3) is 11.1 Å². The standard InChI is InChI=1S/C33H39N7O4S/c1-33(2)15-24-23-6-9-40(32(43)29(23)45-27(24)16-33)30-25(19-41)22(5-7-36-30)20-13-26(31(42)38(3)17-20)37-28(34)14-21-18-39(10-8-35-21)11-12-44-4/h5,7,13-14,17,19,35H,6,8-12,15-16,18H2,1-4H3,(H2,34,37)/b21-14-. The number of nitrogens with zero attached hydrogens (tertiary/aromatic N) is 4. The van der Waals surface area contributed by atoms with Crippen LogP contribution in [0.15, 0.2) is 41.1 Å². The average molecular weight is 630 g/mol. The van der Waals surface area contributed by atoms with E-state index in [2.05, 4.69) is 34.4 Å². The summed E-state index contributed by atoms with van der Waals surface area (Å²) in [6.45, 7) is 8.69. The Labute approximate surface area is 266 Å². The number of methoxy groups -OCH3 is 1. The molecule has 1 saturated heterocycles. The average Bonchev–Trinajstić information content (AvgIpc) is 3.50. The topological polar surface area (TPSA) is 133 Å². The Hall–Kier alpha value is -4.13. The molecule has 11 nitrogen and oxygen atoms in total. The molecule has 0 aromatic carbocycles. The SMILES string of the molecule is COCCN1CCN/C(=C\C(=N)Nc2cc(-c3ccnc(N4CCc5c(sc6c5CC(C)(C)C6)C4=O)c3C=O)cn(C)c2=O)C1. The van der Waals surface area contributed by atoms with E-state index in [-0.39, 0.29) is 34.0 Å². The molecule has 0 saturated carbocycles. The number of aldehydes is 1. The normalized spacial score (nSPS) is 18.4. The minimum absolute atomic E-state index is 0.0623. The van der Waals surface area contributed by atoms with Gasteiger partial charge in [-0.1, -0.05) is 13.8 Å². The maximum Gasteiger partial charge on any atom is 0.274 e. The van der Waals surface area contributed by atoms with Crippen LogP contribution in [0, 0.1) is 10.8 Å². The first-order valence-corrected chi connectivity index (χ1v) is 16.0. The zero-order valence-electron chi connectivity index (χ0n) is 26.2. The zero-order chi connectivity index (χ0) is 31.9. The third kappa shape index (κ3) is 6.09. The Morgan fingerprint density at radius 3 is 2.84 bits per heavy atom. The van der Waals surface area contributed by atoms with Crippen molar-refractivity contribution >= 4 is 40.9 Å². The lowest BCUT2D eigenvalue weighted by molar-refractivity contribution is 0.0983. The number of aryl methyl sites for hydroxylation is 1. The molecule has 3 aromatic heterocycles.